The minimum atomic E-state index is -0.0424. The zero-order chi connectivity index (χ0) is 21.5. The maximum Gasteiger partial charge on any atom is 0.321 e. The van der Waals surface area contributed by atoms with Gasteiger partial charge in [0.25, 0.3) is 0 Å². The number of amides is 3. The van der Waals surface area contributed by atoms with Crippen LogP contribution >= 0.6 is 0 Å². The van der Waals surface area contributed by atoms with Gasteiger partial charge in [0, 0.05) is 57.1 Å². The van der Waals surface area contributed by atoms with Crippen LogP contribution in [0.5, 0.6) is 0 Å². The summed E-state index contributed by atoms with van der Waals surface area (Å²) >= 11 is 0. The Morgan fingerprint density at radius 3 is 2.23 bits per heavy atom. The van der Waals surface area contributed by atoms with Crippen LogP contribution in [0.2, 0.25) is 0 Å². The number of hydrogen-bond acceptors (Lipinski definition) is 3. The van der Waals surface area contributed by atoms with Gasteiger partial charge in [-0.1, -0.05) is 36.4 Å². The Morgan fingerprint density at radius 2 is 1.52 bits per heavy atom. The van der Waals surface area contributed by atoms with Crippen molar-refractivity contribution in [1.82, 2.24) is 9.80 Å². The Hall–Kier alpha value is -3.02. The maximum absolute atomic E-state index is 12.8. The molecule has 0 radical (unpaired) electrons. The Balaban J connectivity index is 1.20. The summed E-state index contributed by atoms with van der Waals surface area (Å²) in [4.78, 5) is 31.6. The molecule has 2 saturated heterocycles. The highest BCUT2D eigenvalue weighted by atomic mass is 16.2. The van der Waals surface area contributed by atoms with E-state index >= 15 is 0 Å². The molecule has 0 unspecified atom stereocenters. The lowest BCUT2D eigenvalue weighted by molar-refractivity contribution is -0.131. The van der Waals surface area contributed by atoms with Crippen molar-refractivity contribution in [3.05, 3.63) is 60.7 Å². The molecule has 0 spiro atoms. The van der Waals surface area contributed by atoms with Crippen molar-refractivity contribution in [1.29, 1.82) is 0 Å². The van der Waals surface area contributed by atoms with Crippen molar-refractivity contribution < 1.29 is 9.59 Å². The number of anilines is 2. The predicted molar refractivity (Wildman–Crippen MR) is 124 cm³/mol. The third-order valence-electron chi connectivity index (χ3n) is 6.35. The molecule has 6 heteroatoms. The number of benzene rings is 2. The van der Waals surface area contributed by atoms with Crippen LogP contribution < -0.4 is 10.2 Å². The number of urea groups is 1. The Bertz CT molecular complexity index is 850. The molecular formula is C25H32N4O2. The van der Waals surface area contributed by atoms with Crippen LogP contribution in [0.1, 0.15) is 25.7 Å². The van der Waals surface area contributed by atoms with E-state index in [0.29, 0.717) is 12.3 Å². The van der Waals surface area contributed by atoms with Crippen molar-refractivity contribution in [2.24, 2.45) is 5.92 Å². The Morgan fingerprint density at radius 1 is 0.839 bits per heavy atom. The maximum atomic E-state index is 12.8. The van der Waals surface area contributed by atoms with Gasteiger partial charge in [-0.15, -0.1) is 0 Å². The standard InChI is InChI=1S/C25H32N4O2/c30-24(28-18-16-27(17-19-28)23-11-5-2-6-12-23)14-13-21-8-7-15-29(20-21)25(31)26-22-9-3-1-4-10-22/h1-6,9-12,21H,7-8,13-20H2,(H,26,31)/t21-/m1/s1. The first kappa shape index (κ1) is 21.2. The van der Waals surface area contributed by atoms with Gasteiger partial charge < -0.3 is 20.0 Å². The first-order valence-corrected chi connectivity index (χ1v) is 11.4. The van der Waals surface area contributed by atoms with Crippen molar-refractivity contribution in [2.45, 2.75) is 25.7 Å². The second kappa shape index (κ2) is 10.3. The predicted octanol–water partition coefficient (Wildman–Crippen LogP) is 4.06. The highest BCUT2D eigenvalue weighted by Crippen LogP contribution is 2.23. The van der Waals surface area contributed by atoms with E-state index in [1.807, 2.05) is 46.2 Å². The minimum Gasteiger partial charge on any atom is -0.368 e. The van der Waals surface area contributed by atoms with Crippen LogP contribution in [0.25, 0.3) is 0 Å². The lowest BCUT2D eigenvalue weighted by atomic mass is 9.93. The van der Waals surface area contributed by atoms with E-state index in [0.717, 1.165) is 64.2 Å². The first-order chi connectivity index (χ1) is 15.2. The number of piperidine rings is 1. The number of carbonyl (C=O) groups is 2. The molecule has 0 aliphatic carbocycles. The fourth-order valence-electron chi connectivity index (χ4n) is 4.55. The summed E-state index contributed by atoms with van der Waals surface area (Å²) in [6.45, 7) is 4.84. The summed E-state index contributed by atoms with van der Waals surface area (Å²) in [5.74, 6) is 0.642. The monoisotopic (exact) mass is 420 g/mol. The molecule has 0 bridgehead atoms. The SMILES string of the molecule is O=C(CC[C@H]1CCCN(C(=O)Nc2ccccc2)C1)N1CCN(c2ccccc2)CC1. The van der Waals surface area contributed by atoms with Crippen molar-refractivity contribution >= 4 is 23.3 Å². The lowest BCUT2D eigenvalue weighted by Gasteiger charge is -2.37. The topological polar surface area (TPSA) is 55.9 Å². The second-order valence-corrected chi connectivity index (χ2v) is 8.49. The van der Waals surface area contributed by atoms with E-state index in [1.165, 1.54) is 5.69 Å². The quantitative estimate of drug-likeness (QED) is 0.794. The molecule has 4 rings (SSSR count). The average Bonchev–Trinajstić information content (AvgIpc) is 2.84. The van der Waals surface area contributed by atoms with E-state index in [9.17, 15) is 9.59 Å². The number of carbonyl (C=O) groups excluding carboxylic acids is 2. The van der Waals surface area contributed by atoms with Gasteiger partial charge >= 0.3 is 6.03 Å². The van der Waals surface area contributed by atoms with Gasteiger partial charge in [0.1, 0.15) is 0 Å². The summed E-state index contributed by atoms with van der Waals surface area (Å²) in [5, 5.41) is 2.97. The third kappa shape index (κ3) is 5.78. The molecular weight excluding hydrogens is 388 g/mol. The van der Waals surface area contributed by atoms with Crippen LogP contribution in [0.15, 0.2) is 60.7 Å². The van der Waals surface area contributed by atoms with Crippen LogP contribution in [0, 0.1) is 5.92 Å². The molecule has 2 aromatic rings. The highest BCUT2D eigenvalue weighted by Gasteiger charge is 2.26. The number of hydrogen-bond donors (Lipinski definition) is 1. The molecule has 1 atom stereocenters. The zero-order valence-electron chi connectivity index (χ0n) is 18.1. The average molecular weight is 421 g/mol. The molecule has 2 aromatic carbocycles. The fourth-order valence-corrected chi connectivity index (χ4v) is 4.55. The minimum absolute atomic E-state index is 0.0424. The molecule has 2 aliphatic heterocycles. The number of nitrogens with one attached hydrogen (secondary N) is 1. The zero-order valence-corrected chi connectivity index (χ0v) is 18.1. The molecule has 2 heterocycles. The summed E-state index contributed by atoms with van der Waals surface area (Å²) < 4.78 is 0. The number of para-hydroxylation sites is 2. The third-order valence-corrected chi connectivity index (χ3v) is 6.35. The molecule has 6 nitrogen and oxygen atoms in total. The number of nitrogens with zero attached hydrogens (tertiary/aromatic N) is 3. The van der Waals surface area contributed by atoms with Crippen molar-refractivity contribution in [3.8, 4) is 0 Å². The van der Waals surface area contributed by atoms with E-state index in [-0.39, 0.29) is 11.9 Å². The molecule has 31 heavy (non-hydrogen) atoms. The number of likely N-dealkylation sites (tertiary alicyclic amines) is 1. The summed E-state index contributed by atoms with van der Waals surface area (Å²) in [5.41, 5.74) is 2.05. The van der Waals surface area contributed by atoms with Gasteiger partial charge in [-0.3, -0.25) is 4.79 Å². The smallest absolute Gasteiger partial charge is 0.321 e. The Kier molecular flexibility index (Phi) is 7.07. The van der Waals surface area contributed by atoms with E-state index in [4.69, 9.17) is 0 Å². The molecule has 2 fully saturated rings. The van der Waals surface area contributed by atoms with Gasteiger partial charge in [-0.05, 0) is 49.4 Å². The van der Waals surface area contributed by atoms with Crippen molar-refractivity contribution in [3.63, 3.8) is 0 Å². The normalized spacial score (nSPS) is 19.2. The molecule has 164 valence electrons. The van der Waals surface area contributed by atoms with Crippen LogP contribution in [-0.4, -0.2) is 61.0 Å². The van der Waals surface area contributed by atoms with Crippen LogP contribution in [0.3, 0.4) is 0 Å². The van der Waals surface area contributed by atoms with E-state index in [1.54, 1.807) is 0 Å². The van der Waals surface area contributed by atoms with Gasteiger partial charge in [-0.2, -0.15) is 0 Å². The molecule has 0 aromatic heterocycles. The molecule has 0 saturated carbocycles. The lowest BCUT2D eigenvalue weighted by Crippen LogP contribution is -2.49. The highest BCUT2D eigenvalue weighted by molar-refractivity contribution is 5.89. The first-order valence-electron chi connectivity index (χ1n) is 11.4. The summed E-state index contributed by atoms with van der Waals surface area (Å²) in [6, 6.07) is 19.9. The molecule has 1 N–H and O–H groups in total. The Labute approximate surface area is 184 Å². The van der Waals surface area contributed by atoms with Crippen LogP contribution in [-0.2, 0) is 4.79 Å². The van der Waals surface area contributed by atoms with Gasteiger partial charge in [0.15, 0.2) is 0 Å². The fraction of sp³-hybridized carbons (Fsp3) is 0.440. The van der Waals surface area contributed by atoms with Gasteiger partial charge in [0.2, 0.25) is 5.91 Å². The molecule has 2 aliphatic rings. The van der Waals surface area contributed by atoms with Crippen LogP contribution in [0.4, 0.5) is 16.2 Å². The largest absolute Gasteiger partial charge is 0.368 e. The summed E-state index contributed by atoms with van der Waals surface area (Å²) in [6.07, 6.45) is 3.51. The number of rotatable bonds is 5. The number of piperazine rings is 1. The van der Waals surface area contributed by atoms with Gasteiger partial charge in [0.05, 0.1) is 0 Å². The van der Waals surface area contributed by atoms with Crippen molar-refractivity contribution in [2.75, 3.05) is 49.5 Å². The van der Waals surface area contributed by atoms with E-state index in [2.05, 4.69) is 34.5 Å². The summed E-state index contributed by atoms with van der Waals surface area (Å²) in [7, 11) is 0. The van der Waals surface area contributed by atoms with E-state index < -0.39 is 0 Å². The second-order valence-electron chi connectivity index (χ2n) is 8.49. The van der Waals surface area contributed by atoms with Gasteiger partial charge in [-0.25, -0.2) is 4.79 Å². The molecule has 3 amide bonds.